The zero-order chi connectivity index (χ0) is 21.5. The van der Waals surface area contributed by atoms with E-state index in [-0.39, 0.29) is 17.1 Å². The van der Waals surface area contributed by atoms with E-state index in [1.165, 1.54) is 12.3 Å². The highest BCUT2D eigenvalue weighted by atomic mass is 79.9. The molecule has 152 valence electrons. The van der Waals surface area contributed by atoms with Crippen LogP contribution in [0.25, 0.3) is 33.5 Å². The summed E-state index contributed by atoms with van der Waals surface area (Å²) < 4.78 is 8.03. The number of para-hydroxylation sites is 1. The normalized spacial score (nSPS) is 11.7. The molecule has 2 heterocycles. The Kier molecular flexibility index (Phi) is 4.84. The van der Waals surface area contributed by atoms with Gasteiger partial charge in [0.15, 0.2) is 5.76 Å². The molecule has 6 nitrogen and oxygen atoms in total. The van der Waals surface area contributed by atoms with Gasteiger partial charge in [0.2, 0.25) is 5.82 Å². The minimum Gasteiger partial charge on any atom is -0.507 e. The fourth-order valence-corrected chi connectivity index (χ4v) is 3.82. The lowest BCUT2D eigenvalue weighted by Gasteiger charge is -2.07. The molecule has 0 amide bonds. The second kappa shape index (κ2) is 7.68. The van der Waals surface area contributed by atoms with Gasteiger partial charge in [-0.05, 0) is 54.6 Å². The molecule has 1 N–H and O–H groups in total. The number of phenolic OH excluding ortho intramolecular Hbond substituents is 1. The molecule has 0 aliphatic rings. The maximum absolute atomic E-state index is 13.2. The average Bonchev–Trinajstić information content (AvgIpc) is 3.18. The molecule has 0 spiro atoms. The predicted molar refractivity (Wildman–Crippen MR) is 125 cm³/mol. The van der Waals surface area contributed by atoms with Gasteiger partial charge >= 0.3 is 0 Å². The van der Waals surface area contributed by atoms with Crippen LogP contribution in [0.5, 0.6) is 5.75 Å². The summed E-state index contributed by atoms with van der Waals surface area (Å²) in [6.45, 7) is 0. The van der Waals surface area contributed by atoms with Crippen LogP contribution >= 0.6 is 27.5 Å². The number of nitrogens with zero attached hydrogens (tertiary/aromatic N) is 3. The largest absolute Gasteiger partial charge is 0.507 e. The molecule has 0 saturated heterocycles. The molecule has 0 saturated carbocycles. The molecule has 0 fully saturated rings. The third-order valence-electron chi connectivity index (χ3n) is 4.75. The van der Waals surface area contributed by atoms with Crippen LogP contribution in [0.3, 0.4) is 0 Å². The fourth-order valence-electron chi connectivity index (χ4n) is 3.26. The molecule has 5 aromatic rings. The van der Waals surface area contributed by atoms with E-state index in [4.69, 9.17) is 16.0 Å². The number of hydrogen-bond acceptors (Lipinski definition) is 5. The van der Waals surface area contributed by atoms with Crippen LogP contribution in [0.2, 0.25) is 5.02 Å². The second-order valence-electron chi connectivity index (χ2n) is 6.81. The first-order valence-electron chi connectivity index (χ1n) is 9.24. The molecule has 0 bridgehead atoms. The van der Waals surface area contributed by atoms with Crippen LogP contribution < -0.4 is 5.56 Å². The van der Waals surface area contributed by atoms with E-state index >= 15 is 0 Å². The number of aromatic nitrogens is 2. The number of benzene rings is 3. The average molecular weight is 495 g/mol. The Hall–Kier alpha value is -3.42. The van der Waals surface area contributed by atoms with Gasteiger partial charge in [-0.15, -0.1) is 0 Å². The number of phenols is 1. The standard InChI is InChI=1S/C23H13BrClN3O3/c24-15-5-8-20-13(9-15)11-21(31-20)22-27-18-4-2-1-3-17(18)23(30)28(22)26-12-14-10-16(25)6-7-19(14)29/h1-12,29H. The molecular formula is C23H13BrClN3O3. The van der Waals surface area contributed by atoms with E-state index in [1.54, 1.807) is 36.4 Å². The summed E-state index contributed by atoms with van der Waals surface area (Å²) in [5.74, 6) is 0.627. The van der Waals surface area contributed by atoms with Crippen molar-refractivity contribution in [2.75, 3.05) is 0 Å². The van der Waals surface area contributed by atoms with Crippen LogP contribution in [0.15, 0.2) is 85.5 Å². The van der Waals surface area contributed by atoms with E-state index in [0.29, 0.717) is 32.8 Å². The SMILES string of the molecule is O=c1c2ccccc2nc(-c2cc3cc(Br)ccc3o2)n1N=Cc1cc(Cl)ccc1O. The lowest BCUT2D eigenvalue weighted by molar-refractivity contribution is 0.474. The Labute approximate surface area is 189 Å². The lowest BCUT2D eigenvalue weighted by atomic mass is 10.2. The summed E-state index contributed by atoms with van der Waals surface area (Å²) in [7, 11) is 0. The molecule has 0 atom stereocenters. The summed E-state index contributed by atoms with van der Waals surface area (Å²) in [4.78, 5) is 17.9. The topological polar surface area (TPSA) is 80.6 Å². The van der Waals surface area contributed by atoms with Crippen molar-refractivity contribution in [1.82, 2.24) is 9.66 Å². The summed E-state index contributed by atoms with van der Waals surface area (Å²) in [6.07, 6.45) is 1.36. The highest BCUT2D eigenvalue weighted by Crippen LogP contribution is 2.29. The summed E-state index contributed by atoms with van der Waals surface area (Å²) in [6, 6.07) is 19.0. The van der Waals surface area contributed by atoms with Gasteiger partial charge in [0.05, 0.1) is 17.1 Å². The van der Waals surface area contributed by atoms with Crippen molar-refractivity contribution in [3.8, 4) is 17.3 Å². The van der Waals surface area contributed by atoms with Gasteiger partial charge in [-0.25, -0.2) is 4.98 Å². The quantitative estimate of drug-likeness (QED) is 0.321. The van der Waals surface area contributed by atoms with Gasteiger partial charge in [0.1, 0.15) is 11.3 Å². The van der Waals surface area contributed by atoms with Gasteiger partial charge in [0, 0.05) is 20.4 Å². The molecule has 0 radical (unpaired) electrons. The molecule has 0 aliphatic carbocycles. The molecule has 31 heavy (non-hydrogen) atoms. The molecule has 0 unspecified atom stereocenters. The van der Waals surface area contributed by atoms with Crippen molar-refractivity contribution in [2.24, 2.45) is 5.10 Å². The molecule has 0 aliphatic heterocycles. The number of aromatic hydroxyl groups is 1. The van der Waals surface area contributed by atoms with Crippen molar-refractivity contribution in [3.63, 3.8) is 0 Å². The Balaban J connectivity index is 1.75. The Bertz CT molecular complexity index is 1560. The Morgan fingerprint density at radius 1 is 1.10 bits per heavy atom. The minimum absolute atomic E-state index is 0.00918. The maximum Gasteiger partial charge on any atom is 0.282 e. The number of hydrogen-bond donors (Lipinski definition) is 1. The van der Waals surface area contributed by atoms with Crippen molar-refractivity contribution >= 4 is 55.6 Å². The van der Waals surface area contributed by atoms with Gasteiger partial charge in [-0.2, -0.15) is 9.78 Å². The summed E-state index contributed by atoms with van der Waals surface area (Å²) in [5.41, 5.74) is 1.19. The van der Waals surface area contributed by atoms with Gasteiger partial charge in [0.25, 0.3) is 5.56 Å². The highest BCUT2D eigenvalue weighted by molar-refractivity contribution is 9.10. The van der Waals surface area contributed by atoms with E-state index in [2.05, 4.69) is 26.0 Å². The lowest BCUT2D eigenvalue weighted by Crippen LogP contribution is -2.20. The van der Waals surface area contributed by atoms with E-state index in [1.807, 2.05) is 24.3 Å². The van der Waals surface area contributed by atoms with Crippen molar-refractivity contribution in [3.05, 3.63) is 92.1 Å². The number of furan rings is 1. The molecule has 5 rings (SSSR count). The second-order valence-corrected chi connectivity index (χ2v) is 8.16. The van der Waals surface area contributed by atoms with Crippen LogP contribution in [0.4, 0.5) is 0 Å². The number of fused-ring (bicyclic) bond motifs is 2. The van der Waals surface area contributed by atoms with Crippen LogP contribution in [0.1, 0.15) is 5.56 Å². The fraction of sp³-hybridized carbons (Fsp3) is 0. The Morgan fingerprint density at radius 3 is 2.81 bits per heavy atom. The number of halogens is 2. The Morgan fingerprint density at radius 2 is 1.94 bits per heavy atom. The van der Waals surface area contributed by atoms with Crippen LogP contribution in [-0.2, 0) is 0 Å². The van der Waals surface area contributed by atoms with E-state index < -0.39 is 0 Å². The van der Waals surface area contributed by atoms with Crippen molar-refractivity contribution in [2.45, 2.75) is 0 Å². The van der Waals surface area contributed by atoms with Gasteiger partial charge < -0.3 is 9.52 Å². The zero-order valence-corrected chi connectivity index (χ0v) is 18.1. The number of rotatable bonds is 3. The highest BCUT2D eigenvalue weighted by Gasteiger charge is 2.16. The smallest absolute Gasteiger partial charge is 0.282 e. The minimum atomic E-state index is -0.361. The van der Waals surface area contributed by atoms with Gasteiger partial charge in [-0.3, -0.25) is 4.79 Å². The first kappa shape index (κ1) is 19.5. The maximum atomic E-state index is 13.2. The van der Waals surface area contributed by atoms with Crippen LogP contribution in [-0.4, -0.2) is 21.0 Å². The summed E-state index contributed by atoms with van der Waals surface area (Å²) >= 11 is 9.47. The van der Waals surface area contributed by atoms with Crippen LogP contribution in [0, 0.1) is 0 Å². The zero-order valence-electron chi connectivity index (χ0n) is 15.8. The van der Waals surface area contributed by atoms with Gasteiger partial charge in [-0.1, -0.05) is 39.7 Å². The first-order chi connectivity index (χ1) is 15.0. The predicted octanol–water partition coefficient (Wildman–Crippen LogP) is 5.81. The third-order valence-corrected chi connectivity index (χ3v) is 5.48. The van der Waals surface area contributed by atoms with E-state index in [9.17, 15) is 9.90 Å². The van der Waals surface area contributed by atoms with E-state index in [0.717, 1.165) is 14.5 Å². The molecule has 3 aromatic carbocycles. The molecule has 2 aromatic heterocycles. The monoisotopic (exact) mass is 493 g/mol. The van der Waals surface area contributed by atoms with Crippen molar-refractivity contribution in [1.29, 1.82) is 0 Å². The van der Waals surface area contributed by atoms with Crippen molar-refractivity contribution < 1.29 is 9.52 Å². The first-order valence-corrected chi connectivity index (χ1v) is 10.4. The molecule has 8 heteroatoms. The molecular weight excluding hydrogens is 482 g/mol. The third kappa shape index (κ3) is 3.62. The summed E-state index contributed by atoms with van der Waals surface area (Å²) in [5, 5.41) is 16.1.